The van der Waals surface area contributed by atoms with Crippen LogP contribution in [0.4, 0.5) is 4.39 Å². The first kappa shape index (κ1) is 11.5. The molecule has 0 aliphatic rings. The lowest BCUT2D eigenvalue weighted by Crippen LogP contribution is -2.07. The molecule has 1 aromatic heterocycles. The van der Waals surface area contributed by atoms with E-state index in [1.165, 1.54) is 6.07 Å². The highest BCUT2D eigenvalue weighted by Crippen LogP contribution is 2.24. The van der Waals surface area contributed by atoms with Crippen LogP contribution in [0.25, 0.3) is 0 Å². The van der Waals surface area contributed by atoms with E-state index in [9.17, 15) is 4.39 Å². The van der Waals surface area contributed by atoms with Crippen molar-refractivity contribution in [2.45, 2.75) is 6.54 Å². The van der Waals surface area contributed by atoms with Gasteiger partial charge in [-0.05, 0) is 25.2 Å². The Hall–Kier alpha value is -1.94. The van der Waals surface area contributed by atoms with Gasteiger partial charge in [-0.3, -0.25) is 0 Å². The summed E-state index contributed by atoms with van der Waals surface area (Å²) >= 11 is 0. The molecule has 0 atom stereocenters. The Morgan fingerprint density at radius 1 is 1.24 bits per heavy atom. The van der Waals surface area contributed by atoms with E-state index in [0.29, 0.717) is 12.4 Å². The molecular formula is C13H13FN2O. The van der Waals surface area contributed by atoms with Crippen LogP contribution in [0.15, 0.2) is 42.6 Å². The molecule has 0 aliphatic carbocycles. The molecule has 4 heteroatoms. The van der Waals surface area contributed by atoms with Crippen molar-refractivity contribution < 1.29 is 9.13 Å². The Labute approximate surface area is 99.3 Å². The number of para-hydroxylation sites is 1. The Morgan fingerprint density at radius 2 is 2.06 bits per heavy atom. The average Bonchev–Trinajstić information content (AvgIpc) is 2.35. The van der Waals surface area contributed by atoms with Crippen LogP contribution < -0.4 is 10.1 Å². The van der Waals surface area contributed by atoms with Gasteiger partial charge in [0.25, 0.3) is 0 Å². The number of pyridine rings is 1. The maximum Gasteiger partial charge on any atom is 0.223 e. The summed E-state index contributed by atoms with van der Waals surface area (Å²) in [6, 6.07) is 9.98. The molecule has 0 aliphatic heterocycles. The third kappa shape index (κ3) is 2.79. The van der Waals surface area contributed by atoms with Crippen LogP contribution in [0.3, 0.4) is 0 Å². The number of nitrogens with one attached hydrogen (secondary N) is 1. The number of halogens is 1. The van der Waals surface area contributed by atoms with Crippen molar-refractivity contribution in [1.82, 2.24) is 10.3 Å². The van der Waals surface area contributed by atoms with Crippen molar-refractivity contribution in [2.24, 2.45) is 0 Å². The number of aromatic nitrogens is 1. The van der Waals surface area contributed by atoms with Gasteiger partial charge < -0.3 is 10.1 Å². The molecule has 0 unspecified atom stereocenters. The molecule has 1 N–H and O–H groups in total. The van der Waals surface area contributed by atoms with Gasteiger partial charge in [0.05, 0.1) is 0 Å². The first-order valence-electron chi connectivity index (χ1n) is 5.32. The van der Waals surface area contributed by atoms with Gasteiger partial charge in [0.2, 0.25) is 5.88 Å². The molecule has 1 heterocycles. The van der Waals surface area contributed by atoms with Gasteiger partial charge in [-0.1, -0.05) is 18.2 Å². The molecule has 0 bridgehead atoms. The van der Waals surface area contributed by atoms with E-state index < -0.39 is 5.82 Å². The number of ether oxygens (including phenoxy) is 1. The molecule has 0 radical (unpaired) electrons. The maximum atomic E-state index is 13.4. The molecule has 0 fully saturated rings. The van der Waals surface area contributed by atoms with Crippen molar-refractivity contribution in [3.05, 3.63) is 54.0 Å². The zero-order chi connectivity index (χ0) is 12.1. The molecule has 1 aromatic carbocycles. The van der Waals surface area contributed by atoms with Crippen molar-refractivity contribution >= 4 is 0 Å². The van der Waals surface area contributed by atoms with E-state index in [4.69, 9.17) is 4.74 Å². The fourth-order valence-corrected chi connectivity index (χ4v) is 1.47. The van der Waals surface area contributed by atoms with E-state index in [0.717, 1.165) is 5.56 Å². The summed E-state index contributed by atoms with van der Waals surface area (Å²) in [5.74, 6) is 0.212. The van der Waals surface area contributed by atoms with Crippen molar-refractivity contribution in [3.63, 3.8) is 0 Å². The average molecular weight is 232 g/mol. The minimum atomic E-state index is -0.395. The lowest BCUT2D eigenvalue weighted by molar-refractivity contribution is 0.421. The van der Waals surface area contributed by atoms with Gasteiger partial charge in [0, 0.05) is 18.3 Å². The van der Waals surface area contributed by atoms with E-state index in [1.807, 2.05) is 19.2 Å². The van der Waals surface area contributed by atoms with Gasteiger partial charge >= 0.3 is 0 Å². The SMILES string of the molecule is CNCc1cccnc1Oc1ccccc1F. The minimum Gasteiger partial charge on any atom is -0.436 e. The quantitative estimate of drug-likeness (QED) is 0.880. The van der Waals surface area contributed by atoms with Crippen LogP contribution in [0.5, 0.6) is 11.6 Å². The smallest absolute Gasteiger partial charge is 0.223 e. The zero-order valence-electron chi connectivity index (χ0n) is 9.48. The van der Waals surface area contributed by atoms with E-state index in [-0.39, 0.29) is 5.75 Å². The molecule has 3 nitrogen and oxygen atoms in total. The molecule has 0 spiro atoms. The maximum absolute atomic E-state index is 13.4. The van der Waals surface area contributed by atoms with Crippen LogP contribution in [-0.2, 0) is 6.54 Å². The summed E-state index contributed by atoms with van der Waals surface area (Å²) in [6.07, 6.45) is 1.62. The van der Waals surface area contributed by atoms with Crippen molar-refractivity contribution in [2.75, 3.05) is 7.05 Å². The lowest BCUT2D eigenvalue weighted by Gasteiger charge is -2.09. The molecule has 0 saturated heterocycles. The third-order valence-corrected chi connectivity index (χ3v) is 2.26. The fourth-order valence-electron chi connectivity index (χ4n) is 1.47. The highest BCUT2D eigenvalue weighted by atomic mass is 19.1. The number of rotatable bonds is 4. The van der Waals surface area contributed by atoms with Crippen LogP contribution >= 0.6 is 0 Å². The first-order valence-corrected chi connectivity index (χ1v) is 5.32. The molecule has 17 heavy (non-hydrogen) atoms. The van der Waals surface area contributed by atoms with Crippen LogP contribution in [0, 0.1) is 5.82 Å². The first-order chi connectivity index (χ1) is 8.31. The van der Waals surface area contributed by atoms with Gasteiger partial charge in [0.15, 0.2) is 11.6 Å². The molecule has 2 rings (SSSR count). The minimum absolute atomic E-state index is 0.184. The second-order valence-electron chi connectivity index (χ2n) is 3.53. The van der Waals surface area contributed by atoms with E-state index in [1.54, 1.807) is 24.4 Å². The standard InChI is InChI=1S/C13H13FN2O/c1-15-9-10-5-4-8-16-13(10)17-12-7-3-2-6-11(12)14/h2-8,15H,9H2,1H3. The predicted octanol–water partition coefficient (Wildman–Crippen LogP) is 2.73. The number of benzene rings is 1. The molecule has 0 amide bonds. The summed E-state index contributed by atoms with van der Waals surface area (Å²) in [7, 11) is 1.83. The highest BCUT2D eigenvalue weighted by Gasteiger charge is 2.08. The summed E-state index contributed by atoms with van der Waals surface area (Å²) in [4.78, 5) is 4.10. The Morgan fingerprint density at radius 3 is 2.82 bits per heavy atom. The predicted molar refractivity (Wildman–Crippen MR) is 63.5 cm³/mol. The highest BCUT2D eigenvalue weighted by molar-refractivity contribution is 5.32. The van der Waals surface area contributed by atoms with Crippen LogP contribution in [0.1, 0.15) is 5.56 Å². The monoisotopic (exact) mass is 232 g/mol. The normalized spacial score (nSPS) is 10.2. The number of nitrogens with zero attached hydrogens (tertiary/aromatic N) is 1. The van der Waals surface area contributed by atoms with Crippen LogP contribution in [0.2, 0.25) is 0 Å². The summed E-state index contributed by atoms with van der Waals surface area (Å²) in [5.41, 5.74) is 0.887. The van der Waals surface area contributed by atoms with Crippen molar-refractivity contribution in [1.29, 1.82) is 0 Å². The number of hydrogen-bond donors (Lipinski definition) is 1. The molecule has 2 aromatic rings. The fraction of sp³-hybridized carbons (Fsp3) is 0.154. The van der Waals surface area contributed by atoms with Gasteiger partial charge in [-0.25, -0.2) is 9.37 Å². The van der Waals surface area contributed by atoms with Crippen molar-refractivity contribution in [3.8, 4) is 11.6 Å². The van der Waals surface area contributed by atoms with Crippen LogP contribution in [-0.4, -0.2) is 12.0 Å². The Balaban J connectivity index is 2.27. The largest absolute Gasteiger partial charge is 0.436 e. The summed E-state index contributed by atoms with van der Waals surface area (Å²) in [5, 5.41) is 3.01. The molecule has 0 saturated carbocycles. The molecule has 88 valence electrons. The second kappa shape index (κ2) is 5.41. The van der Waals surface area contributed by atoms with E-state index in [2.05, 4.69) is 10.3 Å². The Kier molecular flexibility index (Phi) is 3.67. The lowest BCUT2D eigenvalue weighted by atomic mass is 10.2. The number of hydrogen-bond acceptors (Lipinski definition) is 3. The van der Waals surface area contributed by atoms with Gasteiger partial charge in [0.1, 0.15) is 0 Å². The second-order valence-corrected chi connectivity index (χ2v) is 3.53. The zero-order valence-corrected chi connectivity index (χ0v) is 9.48. The summed E-state index contributed by atoms with van der Waals surface area (Å²) in [6.45, 7) is 0.623. The third-order valence-electron chi connectivity index (χ3n) is 2.26. The Bertz CT molecular complexity index is 502. The van der Waals surface area contributed by atoms with Gasteiger partial charge in [-0.2, -0.15) is 0 Å². The topological polar surface area (TPSA) is 34.2 Å². The molecular weight excluding hydrogens is 219 g/mol. The van der Waals surface area contributed by atoms with E-state index >= 15 is 0 Å². The summed E-state index contributed by atoms with van der Waals surface area (Å²) < 4.78 is 18.9. The van der Waals surface area contributed by atoms with Gasteiger partial charge in [-0.15, -0.1) is 0 Å².